The first-order valence-electron chi connectivity index (χ1n) is 9.56. The molecule has 0 N–H and O–H groups in total. The van der Waals surface area contributed by atoms with Crippen molar-refractivity contribution in [3.63, 3.8) is 0 Å². The second-order valence-corrected chi connectivity index (χ2v) is 6.84. The van der Waals surface area contributed by atoms with E-state index in [9.17, 15) is 9.59 Å². The van der Waals surface area contributed by atoms with E-state index in [1.807, 2.05) is 31.2 Å². The molecule has 2 aromatic carbocycles. The van der Waals surface area contributed by atoms with E-state index in [2.05, 4.69) is 11.9 Å². The van der Waals surface area contributed by atoms with E-state index in [-0.39, 0.29) is 5.97 Å². The Kier molecular flexibility index (Phi) is 6.74. The third-order valence-corrected chi connectivity index (χ3v) is 4.63. The van der Waals surface area contributed by atoms with Crippen LogP contribution in [0.4, 0.5) is 0 Å². The maximum atomic E-state index is 12.1. The fourth-order valence-electron chi connectivity index (χ4n) is 2.59. The highest BCUT2D eigenvalue weighted by atomic mass is 16.5. The summed E-state index contributed by atoms with van der Waals surface area (Å²) < 4.78 is 10.7. The number of rotatable bonds is 7. The maximum Gasteiger partial charge on any atom is 0.343 e. The van der Waals surface area contributed by atoms with Crippen LogP contribution in [0.3, 0.4) is 0 Å². The lowest BCUT2D eigenvalue weighted by Crippen LogP contribution is -2.11. The van der Waals surface area contributed by atoms with Crippen molar-refractivity contribution in [1.29, 1.82) is 0 Å². The van der Waals surface area contributed by atoms with Crippen LogP contribution < -0.4 is 4.74 Å². The zero-order valence-electron chi connectivity index (χ0n) is 16.5. The van der Waals surface area contributed by atoms with Crippen LogP contribution in [0.5, 0.6) is 5.75 Å². The molecular weight excluding hydrogens is 366 g/mol. The monoisotopic (exact) mass is 389 g/mol. The Balaban J connectivity index is 1.62. The van der Waals surface area contributed by atoms with Crippen LogP contribution in [0.2, 0.25) is 0 Å². The smallest absolute Gasteiger partial charge is 0.343 e. The summed E-state index contributed by atoms with van der Waals surface area (Å²) in [4.78, 5) is 28.1. The van der Waals surface area contributed by atoms with Gasteiger partial charge < -0.3 is 9.47 Å². The molecule has 0 fully saturated rings. The van der Waals surface area contributed by atoms with Crippen molar-refractivity contribution in [2.24, 2.45) is 5.92 Å². The van der Waals surface area contributed by atoms with Crippen LogP contribution in [0, 0.1) is 5.92 Å². The number of esters is 2. The molecule has 0 amide bonds. The van der Waals surface area contributed by atoms with Gasteiger partial charge in [0.1, 0.15) is 5.75 Å². The van der Waals surface area contributed by atoms with E-state index in [0.29, 0.717) is 29.4 Å². The fourth-order valence-corrected chi connectivity index (χ4v) is 2.59. The second-order valence-electron chi connectivity index (χ2n) is 6.84. The molecule has 29 heavy (non-hydrogen) atoms. The zero-order valence-corrected chi connectivity index (χ0v) is 16.5. The van der Waals surface area contributed by atoms with Gasteiger partial charge in [-0.25, -0.2) is 9.59 Å². The van der Waals surface area contributed by atoms with Crippen LogP contribution in [0.15, 0.2) is 73.1 Å². The van der Waals surface area contributed by atoms with Gasteiger partial charge in [0.2, 0.25) is 0 Å². The molecule has 1 aromatic heterocycles. The van der Waals surface area contributed by atoms with Gasteiger partial charge >= 0.3 is 11.9 Å². The van der Waals surface area contributed by atoms with Crippen LogP contribution in [0.25, 0.3) is 11.1 Å². The summed E-state index contributed by atoms with van der Waals surface area (Å²) in [5.74, 6) is 0.0702. The van der Waals surface area contributed by atoms with Crippen LogP contribution >= 0.6 is 0 Å². The van der Waals surface area contributed by atoms with Gasteiger partial charge in [-0.15, -0.1) is 0 Å². The highest BCUT2D eigenvalue weighted by Crippen LogP contribution is 2.23. The van der Waals surface area contributed by atoms with Crippen LogP contribution in [0.1, 0.15) is 41.0 Å². The Bertz CT molecular complexity index is 950. The van der Waals surface area contributed by atoms with Crippen LogP contribution in [-0.2, 0) is 4.74 Å². The van der Waals surface area contributed by atoms with E-state index in [1.54, 1.807) is 48.8 Å². The summed E-state index contributed by atoms with van der Waals surface area (Å²) in [6.45, 7) is 4.55. The average molecular weight is 389 g/mol. The van der Waals surface area contributed by atoms with E-state index in [4.69, 9.17) is 9.47 Å². The summed E-state index contributed by atoms with van der Waals surface area (Å²) >= 11 is 0. The van der Waals surface area contributed by atoms with Crippen molar-refractivity contribution in [2.45, 2.75) is 20.3 Å². The molecule has 5 heteroatoms. The summed E-state index contributed by atoms with van der Waals surface area (Å²) in [6.07, 6.45) is 4.06. The van der Waals surface area contributed by atoms with Crippen molar-refractivity contribution >= 4 is 11.9 Å². The predicted molar refractivity (Wildman–Crippen MR) is 111 cm³/mol. The molecule has 0 aliphatic carbocycles. The first-order valence-corrected chi connectivity index (χ1v) is 9.56. The van der Waals surface area contributed by atoms with Gasteiger partial charge in [0.25, 0.3) is 0 Å². The maximum absolute atomic E-state index is 12.1. The van der Waals surface area contributed by atoms with Gasteiger partial charge in [0, 0.05) is 12.4 Å². The molecule has 148 valence electrons. The molecule has 0 spiro atoms. The molecule has 1 unspecified atom stereocenters. The van der Waals surface area contributed by atoms with Gasteiger partial charge in [0.15, 0.2) is 0 Å². The number of ether oxygens (including phenoxy) is 2. The summed E-state index contributed by atoms with van der Waals surface area (Å²) in [5, 5.41) is 0. The SMILES string of the molecule is CCC(C)COC(=O)c1ccc(-c2ccc(OC(=O)c3ccncc3)cc2)cc1. The van der Waals surface area contributed by atoms with E-state index >= 15 is 0 Å². The normalized spacial score (nSPS) is 11.5. The van der Waals surface area contributed by atoms with Crippen molar-refractivity contribution < 1.29 is 19.1 Å². The van der Waals surface area contributed by atoms with Crippen molar-refractivity contribution in [2.75, 3.05) is 6.61 Å². The van der Waals surface area contributed by atoms with Gasteiger partial charge in [-0.1, -0.05) is 44.5 Å². The molecule has 0 bridgehead atoms. The molecule has 3 aromatic rings. The molecular formula is C24H23NO4. The standard InChI is InChI=1S/C24H23NO4/c1-3-17(2)16-28-23(26)20-6-4-18(5-7-20)19-8-10-22(11-9-19)29-24(27)21-12-14-25-15-13-21/h4-15,17H,3,16H2,1-2H3. The summed E-state index contributed by atoms with van der Waals surface area (Å²) in [6, 6.07) is 17.7. The topological polar surface area (TPSA) is 65.5 Å². The van der Waals surface area contributed by atoms with E-state index < -0.39 is 5.97 Å². The van der Waals surface area contributed by atoms with Gasteiger partial charge in [-0.2, -0.15) is 0 Å². The first kappa shape index (κ1) is 20.3. The lowest BCUT2D eigenvalue weighted by molar-refractivity contribution is 0.0447. The minimum atomic E-state index is -0.430. The number of nitrogens with zero attached hydrogens (tertiary/aromatic N) is 1. The number of carbonyl (C=O) groups excluding carboxylic acids is 2. The van der Waals surface area contributed by atoms with Crippen molar-refractivity contribution in [1.82, 2.24) is 4.98 Å². The number of pyridine rings is 1. The molecule has 0 saturated carbocycles. The fraction of sp³-hybridized carbons (Fsp3) is 0.208. The Morgan fingerprint density at radius 3 is 1.97 bits per heavy atom. The predicted octanol–water partition coefficient (Wildman–Crippen LogP) is 5.17. The molecule has 0 radical (unpaired) electrons. The lowest BCUT2D eigenvalue weighted by atomic mass is 10.0. The number of carbonyl (C=O) groups is 2. The van der Waals surface area contributed by atoms with Gasteiger partial charge in [-0.3, -0.25) is 4.98 Å². The zero-order chi connectivity index (χ0) is 20.6. The Morgan fingerprint density at radius 2 is 1.38 bits per heavy atom. The quantitative estimate of drug-likeness (QED) is 0.412. The largest absolute Gasteiger partial charge is 0.462 e. The number of benzene rings is 2. The Morgan fingerprint density at radius 1 is 0.828 bits per heavy atom. The van der Waals surface area contributed by atoms with Crippen molar-refractivity contribution in [3.8, 4) is 16.9 Å². The molecule has 1 atom stereocenters. The highest BCUT2D eigenvalue weighted by molar-refractivity contribution is 5.91. The molecule has 5 nitrogen and oxygen atoms in total. The number of hydrogen-bond donors (Lipinski definition) is 0. The molecule has 1 heterocycles. The van der Waals surface area contributed by atoms with E-state index in [0.717, 1.165) is 17.5 Å². The highest BCUT2D eigenvalue weighted by Gasteiger charge is 2.10. The number of aromatic nitrogens is 1. The molecule has 0 aliphatic heterocycles. The summed E-state index contributed by atoms with van der Waals surface area (Å²) in [7, 11) is 0. The third kappa shape index (κ3) is 5.51. The Hall–Kier alpha value is -3.47. The Labute approximate surface area is 170 Å². The number of hydrogen-bond acceptors (Lipinski definition) is 5. The second kappa shape index (κ2) is 9.64. The average Bonchev–Trinajstić information content (AvgIpc) is 2.78. The molecule has 0 saturated heterocycles. The lowest BCUT2D eigenvalue weighted by Gasteiger charge is -2.10. The third-order valence-electron chi connectivity index (χ3n) is 4.63. The van der Waals surface area contributed by atoms with Gasteiger partial charge in [-0.05, 0) is 53.4 Å². The summed E-state index contributed by atoms with van der Waals surface area (Å²) in [5.41, 5.74) is 2.88. The van der Waals surface area contributed by atoms with E-state index in [1.165, 1.54) is 0 Å². The first-order chi connectivity index (χ1) is 14.1. The van der Waals surface area contributed by atoms with Crippen molar-refractivity contribution in [3.05, 3.63) is 84.2 Å². The van der Waals surface area contributed by atoms with Crippen LogP contribution in [-0.4, -0.2) is 23.5 Å². The minimum absolute atomic E-state index is 0.310. The van der Waals surface area contributed by atoms with Gasteiger partial charge in [0.05, 0.1) is 17.7 Å². The minimum Gasteiger partial charge on any atom is -0.462 e. The molecule has 0 aliphatic rings. The molecule has 3 rings (SSSR count).